The first-order chi connectivity index (χ1) is 8.86. The molecular formula is C14H18ClFN2S. The van der Waals surface area contributed by atoms with Crippen molar-refractivity contribution in [3.63, 3.8) is 0 Å². The van der Waals surface area contributed by atoms with E-state index in [4.69, 9.17) is 16.6 Å². The molecule has 1 aliphatic heterocycles. The molecule has 19 heavy (non-hydrogen) atoms. The molecule has 0 spiro atoms. The standard InChI is InChI=1S/C14H18ClFN2S/c1-14(2,3)12-6-7-19-13(18-12)17-9-4-5-10(15)11(16)8-9/h4-5,8,12H,6-7H2,1-3H3,(H,17,18). The maximum absolute atomic E-state index is 13.4. The van der Waals surface area contributed by atoms with E-state index in [1.807, 2.05) is 0 Å². The van der Waals surface area contributed by atoms with Crippen molar-refractivity contribution < 1.29 is 4.39 Å². The number of thioether (sulfide) groups is 1. The van der Waals surface area contributed by atoms with Crippen LogP contribution in [0.2, 0.25) is 5.02 Å². The Kier molecular flexibility index (Phi) is 4.41. The molecule has 104 valence electrons. The molecule has 0 bridgehead atoms. The fourth-order valence-electron chi connectivity index (χ4n) is 1.90. The van der Waals surface area contributed by atoms with Crippen LogP contribution in [0.3, 0.4) is 0 Å². The third-order valence-electron chi connectivity index (χ3n) is 3.07. The lowest BCUT2D eigenvalue weighted by Gasteiger charge is -2.31. The highest BCUT2D eigenvalue weighted by atomic mass is 35.5. The average molecular weight is 301 g/mol. The van der Waals surface area contributed by atoms with Crippen molar-refractivity contribution in [1.82, 2.24) is 0 Å². The van der Waals surface area contributed by atoms with Gasteiger partial charge in [0.05, 0.1) is 11.1 Å². The van der Waals surface area contributed by atoms with Crippen LogP contribution >= 0.6 is 23.4 Å². The van der Waals surface area contributed by atoms with Crippen LogP contribution in [0, 0.1) is 11.2 Å². The van der Waals surface area contributed by atoms with Crippen molar-refractivity contribution in [2.75, 3.05) is 11.1 Å². The average Bonchev–Trinajstić information content (AvgIpc) is 2.33. The highest BCUT2D eigenvalue weighted by molar-refractivity contribution is 8.14. The Hall–Kier alpha value is -0.740. The Bertz CT molecular complexity index is 497. The molecule has 1 unspecified atom stereocenters. The van der Waals surface area contributed by atoms with Gasteiger partial charge in [0.1, 0.15) is 5.82 Å². The molecule has 2 nitrogen and oxygen atoms in total. The molecule has 1 aromatic rings. The van der Waals surface area contributed by atoms with Crippen LogP contribution in [0.4, 0.5) is 10.1 Å². The summed E-state index contributed by atoms with van der Waals surface area (Å²) in [5.41, 5.74) is 0.835. The van der Waals surface area contributed by atoms with Crippen LogP contribution in [0.1, 0.15) is 27.2 Å². The topological polar surface area (TPSA) is 24.4 Å². The number of amidine groups is 1. The second kappa shape index (κ2) is 5.71. The summed E-state index contributed by atoms with van der Waals surface area (Å²) < 4.78 is 13.4. The molecule has 1 aromatic carbocycles. The molecule has 1 atom stereocenters. The molecule has 1 aliphatic rings. The monoisotopic (exact) mass is 300 g/mol. The Morgan fingerprint density at radius 3 is 2.79 bits per heavy atom. The summed E-state index contributed by atoms with van der Waals surface area (Å²) in [6, 6.07) is 5.00. The fourth-order valence-corrected chi connectivity index (χ4v) is 2.95. The third kappa shape index (κ3) is 3.86. The first-order valence-electron chi connectivity index (χ1n) is 6.29. The Morgan fingerprint density at radius 1 is 1.42 bits per heavy atom. The zero-order chi connectivity index (χ0) is 14.0. The molecule has 5 heteroatoms. The number of aliphatic imine (C=N–C) groups is 1. The minimum atomic E-state index is -0.416. The van der Waals surface area contributed by atoms with Crippen molar-refractivity contribution in [2.24, 2.45) is 10.4 Å². The van der Waals surface area contributed by atoms with Gasteiger partial charge in [-0.15, -0.1) is 0 Å². The molecule has 0 amide bonds. The summed E-state index contributed by atoms with van der Waals surface area (Å²) in [6.07, 6.45) is 1.08. The second-order valence-electron chi connectivity index (χ2n) is 5.71. The van der Waals surface area contributed by atoms with E-state index >= 15 is 0 Å². The van der Waals surface area contributed by atoms with E-state index in [9.17, 15) is 4.39 Å². The predicted octanol–water partition coefficient (Wildman–Crippen LogP) is 4.80. The van der Waals surface area contributed by atoms with E-state index in [2.05, 4.69) is 26.1 Å². The minimum absolute atomic E-state index is 0.136. The van der Waals surface area contributed by atoms with Gasteiger partial charge in [-0.3, -0.25) is 4.99 Å². The first kappa shape index (κ1) is 14.7. The molecule has 1 heterocycles. The van der Waals surface area contributed by atoms with Gasteiger partial charge in [0.25, 0.3) is 0 Å². The van der Waals surface area contributed by atoms with E-state index in [0.717, 1.165) is 17.3 Å². The van der Waals surface area contributed by atoms with E-state index < -0.39 is 5.82 Å². The molecule has 0 aliphatic carbocycles. The quantitative estimate of drug-likeness (QED) is 0.805. The SMILES string of the molecule is CC(C)(C)C1CCSC(Nc2ccc(Cl)c(F)c2)=N1. The van der Waals surface area contributed by atoms with Gasteiger partial charge in [0, 0.05) is 11.4 Å². The van der Waals surface area contributed by atoms with Crippen molar-refractivity contribution in [3.05, 3.63) is 29.0 Å². The lowest BCUT2D eigenvalue weighted by molar-refractivity contribution is 0.316. The van der Waals surface area contributed by atoms with Gasteiger partial charge in [-0.25, -0.2) is 4.39 Å². The van der Waals surface area contributed by atoms with Crippen molar-refractivity contribution in [2.45, 2.75) is 33.2 Å². The first-order valence-corrected chi connectivity index (χ1v) is 7.65. The maximum Gasteiger partial charge on any atom is 0.161 e. The minimum Gasteiger partial charge on any atom is -0.335 e. The maximum atomic E-state index is 13.4. The molecule has 0 fully saturated rings. The van der Waals surface area contributed by atoms with E-state index in [1.165, 1.54) is 6.07 Å². The van der Waals surface area contributed by atoms with Gasteiger partial charge in [0.15, 0.2) is 5.17 Å². The van der Waals surface area contributed by atoms with Crippen LogP contribution in [0.5, 0.6) is 0 Å². The number of hydrogen-bond donors (Lipinski definition) is 1. The summed E-state index contributed by atoms with van der Waals surface area (Å²) in [5.74, 6) is 0.615. The third-order valence-corrected chi connectivity index (χ3v) is 4.30. The Balaban J connectivity index is 2.14. The van der Waals surface area contributed by atoms with Gasteiger partial charge in [0.2, 0.25) is 0 Å². The van der Waals surface area contributed by atoms with Crippen molar-refractivity contribution >= 4 is 34.2 Å². The summed E-state index contributed by atoms with van der Waals surface area (Å²) in [6.45, 7) is 6.57. The second-order valence-corrected chi connectivity index (χ2v) is 7.20. The number of halogens is 2. The van der Waals surface area contributed by atoms with Crippen LogP contribution in [-0.4, -0.2) is 17.0 Å². The lowest BCUT2D eigenvalue weighted by Crippen LogP contribution is -2.30. The Labute approximate surface area is 122 Å². The highest BCUT2D eigenvalue weighted by Crippen LogP contribution is 2.31. The highest BCUT2D eigenvalue weighted by Gasteiger charge is 2.27. The fraction of sp³-hybridized carbons (Fsp3) is 0.500. The number of rotatable bonds is 1. The van der Waals surface area contributed by atoms with E-state index in [0.29, 0.717) is 11.7 Å². The predicted molar refractivity (Wildman–Crippen MR) is 82.8 cm³/mol. The number of hydrogen-bond acceptors (Lipinski definition) is 3. The molecule has 0 aromatic heterocycles. The Morgan fingerprint density at radius 2 is 2.16 bits per heavy atom. The largest absolute Gasteiger partial charge is 0.335 e. The van der Waals surface area contributed by atoms with Gasteiger partial charge < -0.3 is 5.32 Å². The zero-order valence-electron chi connectivity index (χ0n) is 11.3. The lowest BCUT2D eigenvalue weighted by atomic mass is 9.85. The number of nitrogens with zero attached hydrogens (tertiary/aromatic N) is 1. The molecule has 1 N–H and O–H groups in total. The molecule has 2 rings (SSSR count). The van der Waals surface area contributed by atoms with Gasteiger partial charge >= 0.3 is 0 Å². The van der Waals surface area contributed by atoms with Gasteiger partial charge in [-0.2, -0.15) is 0 Å². The summed E-state index contributed by atoms with van der Waals surface area (Å²) in [5, 5.41) is 4.16. The van der Waals surface area contributed by atoms with Crippen LogP contribution in [0.15, 0.2) is 23.2 Å². The summed E-state index contributed by atoms with van der Waals surface area (Å²) in [4.78, 5) is 4.71. The van der Waals surface area contributed by atoms with Crippen LogP contribution in [-0.2, 0) is 0 Å². The van der Waals surface area contributed by atoms with Crippen molar-refractivity contribution in [1.29, 1.82) is 0 Å². The molecule has 0 saturated heterocycles. The number of nitrogens with one attached hydrogen (secondary N) is 1. The zero-order valence-corrected chi connectivity index (χ0v) is 12.9. The van der Waals surface area contributed by atoms with Gasteiger partial charge in [-0.1, -0.05) is 44.1 Å². The van der Waals surface area contributed by atoms with E-state index in [-0.39, 0.29) is 10.4 Å². The molecule has 0 saturated carbocycles. The smallest absolute Gasteiger partial charge is 0.161 e. The van der Waals surface area contributed by atoms with Gasteiger partial charge in [-0.05, 0) is 30.0 Å². The van der Waals surface area contributed by atoms with Crippen molar-refractivity contribution in [3.8, 4) is 0 Å². The van der Waals surface area contributed by atoms with Crippen LogP contribution < -0.4 is 5.32 Å². The summed E-state index contributed by atoms with van der Waals surface area (Å²) in [7, 11) is 0. The number of benzene rings is 1. The normalized spacial score (nSPS) is 20.1. The number of anilines is 1. The molecular weight excluding hydrogens is 283 g/mol. The summed E-state index contributed by atoms with van der Waals surface area (Å²) >= 11 is 7.34. The molecule has 0 radical (unpaired) electrons. The van der Waals surface area contributed by atoms with Crippen LogP contribution in [0.25, 0.3) is 0 Å². The van der Waals surface area contributed by atoms with E-state index in [1.54, 1.807) is 23.9 Å².